The number of ether oxygens (including phenoxy) is 3. The van der Waals surface area contributed by atoms with E-state index in [1.807, 2.05) is 32.1 Å². The lowest BCUT2D eigenvalue weighted by Crippen LogP contribution is -2.45. The summed E-state index contributed by atoms with van der Waals surface area (Å²) in [6.45, 7) is 26.2. The smallest absolute Gasteiger partial charge is 0.308 e. The van der Waals surface area contributed by atoms with Crippen LogP contribution in [0.5, 0.6) is 0 Å². The quantitative estimate of drug-likeness (QED) is 0.0434. The lowest BCUT2D eigenvalue weighted by molar-refractivity contribution is -0.157. The van der Waals surface area contributed by atoms with E-state index in [0.717, 1.165) is 48.3 Å². The van der Waals surface area contributed by atoms with Gasteiger partial charge in [0, 0.05) is 31.3 Å². The van der Waals surface area contributed by atoms with Gasteiger partial charge in [0.15, 0.2) is 16.6 Å². The third-order valence-electron chi connectivity index (χ3n) is 12.3. The largest absolute Gasteiger partial charge is 0.457 e. The van der Waals surface area contributed by atoms with E-state index in [2.05, 4.69) is 55.4 Å². The Hall–Kier alpha value is -1.61. The molecular weight excluding hydrogens is 705 g/mol. The van der Waals surface area contributed by atoms with Gasteiger partial charge in [-0.15, -0.1) is 0 Å². The Labute approximate surface area is 324 Å². The van der Waals surface area contributed by atoms with Gasteiger partial charge in [-0.25, -0.2) is 0 Å². The van der Waals surface area contributed by atoms with E-state index in [1.54, 1.807) is 26.0 Å². The molecular formula is C42H76O9Si2. The zero-order valence-corrected chi connectivity index (χ0v) is 37.5. The maximum absolute atomic E-state index is 13.6. The van der Waals surface area contributed by atoms with Crippen molar-refractivity contribution in [3.63, 3.8) is 0 Å². The number of rotatable bonds is 19. The SMILES string of the molecule is CCC(O[Si](CC)(CC)CC)C(C)C1OC1CC(C)(O)/C=C/C=C(\C)C1OC(=O)CC(O[Si](CC)(CC)CC)CCC(C)(O)C(OC(C)=O)/C=C\C1C. The molecule has 9 nitrogen and oxygen atoms in total. The molecule has 53 heavy (non-hydrogen) atoms. The highest BCUT2D eigenvalue weighted by Crippen LogP contribution is 2.40. The Morgan fingerprint density at radius 2 is 1.62 bits per heavy atom. The predicted molar refractivity (Wildman–Crippen MR) is 219 cm³/mol. The zero-order valence-electron chi connectivity index (χ0n) is 35.5. The number of cyclic esters (lactones) is 1. The van der Waals surface area contributed by atoms with Crippen LogP contribution in [-0.2, 0) is 32.7 Å². The van der Waals surface area contributed by atoms with Crippen molar-refractivity contribution in [1.29, 1.82) is 0 Å². The standard InChI is InChI=1S/C42H76O9Si2/c1-14-35(51-53(18-5,19-6)20-7)32(10)40-36(48-40)29-41(12,45)26-21-22-30(8)39-31(9)23-24-37(47-33(11)43)42(13,46)27-25-34(28-38(44)49-39)50-52(15-2,16-3)17-4/h21-24,26,31-32,34-37,39-40,45-46H,14-20,25,27-29H2,1-13H3/b24-23-,26-21+,30-22+. The van der Waals surface area contributed by atoms with E-state index >= 15 is 0 Å². The van der Waals surface area contributed by atoms with E-state index < -0.39 is 52.1 Å². The molecule has 0 radical (unpaired) electrons. The molecule has 0 spiro atoms. The Bertz CT molecular complexity index is 1220. The van der Waals surface area contributed by atoms with Gasteiger partial charge in [0.05, 0.1) is 30.3 Å². The molecule has 306 valence electrons. The lowest BCUT2D eigenvalue weighted by atomic mass is 9.88. The molecule has 2 aliphatic rings. The second kappa shape index (κ2) is 21.1. The van der Waals surface area contributed by atoms with Gasteiger partial charge < -0.3 is 33.3 Å². The van der Waals surface area contributed by atoms with Crippen molar-refractivity contribution in [3.05, 3.63) is 36.0 Å². The van der Waals surface area contributed by atoms with Crippen molar-refractivity contribution in [2.24, 2.45) is 11.8 Å². The summed E-state index contributed by atoms with van der Waals surface area (Å²) in [5.41, 5.74) is -1.68. The van der Waals surface area contributed by atoms with Crippen LogP contribution >= 0.6 is 0 Å². The van der Waals surface area contributed by atoms with Crippen LogP contribution in [0.3, 0.4) is 0 Å². The van der Waals surface area contributed by atoms with Crippen molar-refractivity contribution < 1.29 is 42.9 Å². The summed E-state index contributed by atoms with van der Waals surface area (Å²) in [6.07, 6.45) is 9.42. The van der Waals surface area contributed by atoms with Crippen LogP contribution in [0.1, 0.15) is 122 Å². The molecule has 1 saturated heterocycles. The van der Waals surface area contributed by atoms with E-state index in [-0.39, 0.29) is 49.0 Å². The minimum absolute atomic E-state index is 0.0433. The second-order valence-corrected chi connectivity index (χ2v) is 25.9. The van der Waals surface area contributed by atoms with E-state index in [9.17, 15) is 19.8 Å². The molecule has 2 rings (SSSR count). The minimum Gasteiger partial charge on any atom is -0.457 e. The Morgan fingerprint density at radius 1 is 1.04 bits per heavy atom. The maximum Gasteiger partial charge on any atom is 0.308 e. The Balaban J connectivity index is 2.28. The highest BCUT2D eigenvalue weighted by molar-refractivity contribution is 6.74. The molecule has 2 heterocycles. The molecule has 11 heteroatoms. The first-order valence-corrected chi connectivity index (χ1v) is 25.7. The summed E-state index contributed by atoms with van der Waals surface area (Å²) in [4.78, 5) is 25.7. The number of hydrogen-bond acceptors (Lipinski definition) is 9. The van der Waals surface area contributed by atoms with Gasteiger partial charge in [0.2, 0.25) is 0 Å². The molecule has 2 N–H and O–H groups in total. The monoisotopic (exact) mass is 781 g/mol. The fourth-order valence-corrected chi connectivity index (χ4v) is 13.9. The van der Waals surface area contributed by atoms with Crippen LogP contribution in [0.2, 0.25) is 36.3 Å². The molecule has 1 fully saturated rings. The topological polar surface area (TPSA) is 124 Å². The number of allylic oxidation sites excluding steroid dienone is 2. The van der Waals surface area contributed by atoms with Gasteiger partial charge in [0.25, 0.3) is 0 Å². The van der Waals surface area contributed by atoms with Gasteiger partial charge in [-0.05, 0) is 87.9 Å². The normalized spacial score (nSPS) is 30.8. The van der Waals surface area contributed by atoms with E-state index in [4.69, 9.17) is 23.1 Å². The number of epoxide rings is 1. The summed E-state index contributed by atoms with van der Waals surface area (Å²) in [5.74, 6) is -0.906. The van der Waals surface area contributed by atoms with Crippen LogP contribution in [0.15, 0.2) is 36.0 Å². The number of carbonyl (C=O) groups is 2. The number of hydrogen-bond donors (Lipinski definition) is 2. The molecule has 0 aliphatic carbocycles. The Kier molecular flexibility index (Phi) is 18.9. The molecule has 0 aromatic rings. The third kappa shape index (κ3) is 14.1. The molecule has 0 amide bonds. The molecule has 0 bridgehead atoms. The van der Waals surface area contributed by atoms with Crippen molar-refractivity contribution in [2.45, 2.75) is 206 Å². The molecule has 10 atom stereocenters. The first kappa shape index (κ1) is 47.5. The summed E-state index contributed by atoms with van der Waals surface area (Å²) in [5, 5.41) is 22.9. The highest BCUT2D eigenvalue weighted by atomic mass is 28.4. The first-order chi connectivity index (χ1) is 24.8. The average Bonchev–Trinajstić information content (AvgIpc) is 3.88. The summed E-state index contributed by atoms with van der Waals surface area (Å²) in [7, 11) is -3.84. The Morgan fingerprint density at radius 3 is 2.15 bits per heavy atom. The molecule has 0 aromatic heterocycles. The molecule has 0 saturated carbocycles. The van der Waals surface area contributed by atoms with Crippen LogP contribution in [0.4, 0.5) is 0 Å². The fraction of sp³-hybridized carbons (Fsp3) is 0.810. The van der Waals surface area contributed by atoms with Gasteiger partial charge in [-0.1, -0.05) is 86.6 Å². The van der Waals surface area contributed by atoms with Gasteiger partial charge in [-0.2, -0.15) is 0 Å². The second-order valence-electron chi connectivity index (χ2n) is 16.4. The molecule has 2 aliphatic heterocycles. The van der Waals surface area contributed by atoms with Crippen molar-refractivity contribution in [3.8, 4) is 0 Å². The summed E-state index contributed by atoms with van der Waals surface area (Å²) >= 11 is 0. The summed E-state index contributed by atoms with van der Waals surface area (Å²) < 4.78 is 31.6. The average molecular weight is 781 g/mol. The van der Waals surface area contributed by atoms with Crippen molar-refractivity contribution in [1.82, 2.24) is 0 Å². The molecule has 10 unspecified atom stereocenters. The zero-order chi connectivity index (χ0) is 40.2. The van der Waals surface area contributed by atoms with Crippen molar-refractivity contribution in [2.75, 3.05) is 0 Å². The fourth-order valence-electron chi connectivity index (χ4n) is 7.93. The third-order valence-corrected chi connectivity index (χ3v) is 21.7. The number of aliphatic hydroxyl groups is 2. The van der Waals surface area contributed by atoms with Gasteiger partial charge >= 0.3 is 11.9 Å². The minimum atomic E-state index is -2.09. The van der Waals surface area contributed by atoms with Crippen LogP contribution in [0, 0.1) is 11.8 Å². The van der Waals surface area contributed by atoms with E-state index in [0.29, 0.717) is 12.8 Å². The van der Waals surface area contributed by atoms with E-state index in [1.165, 1.54) is 6.92 Å². The lowest BCUT2D eigenvalue weighted by Gasteiger charge is -2.36. The first-order valence-electron chi connectivity index (χ1n) is 20.7. The van der Waals surface area contributed by atoms with Crippen molar-refractivity contribution >= 4 is 28.6 Å². The van der Waals surface area contributed by atoms with Crippen LogP contribution < -0.4 is 0 Å². The summed E-state index contributed by atoms with van der Waals surface area (Å²) in [6, 6.07) is 6.13. The highest BCUT2D eigenvalue weighted by Gasteiger charge is 2.49. The number of esters is 2. The predicted octanol–water partition coefficient (Wildman–Crippen LogP) is 9.20. The van der Waals surface area contributed by atoms with Crippen LogP contribution in [0.25, 0.3) is 0 Å². The maximum atomic E-state index is 13.6. The molecule has 0 aromatic carbocycles. The number of carbonyl (C=O) groups excluding carboxylic acids is 2. The van der Waals surface area contributed by atoms with Gasteiger partial charge in [-0.3, -0.25) is 9.59 Å². The van der Waals surface area contributed by atoms with Gasteiger partial charge in [0.1, 0.15) is 17.8 Å². The van der Waals surface area contributed by atoms with Crippen LogP contribution in [-0.4, -0.2) is 86.6 Å².